The number of hydrogen-bond donors (Lipinski definition) is 0. The molecule has 0 radical (unpaired) electrons. The second-order valence-electron chi connectivity index (χ2n) is 6.81. The maximum atomic E-state index is 12.9. The van der Waals surface area contributed by atoms with Crippen molar-refractivity contribution in [2.45, 2.75) is 25.7 Å². The van der Waals surface area contributed by atoms with E-state index >= 15 is 0 Å². The van der Waals surface area contributed by atoms with Crippen molar-refractivity contribution in [1.82, 2.24) is 14.3 Å². The number of rotatable bonds is 4. The average molecular weight is 372 g/mol. The first-order chi connectivity index (χ1) is 12.7. The van der Waals surface area contributed by atoms with E-state index in [1.54, 1.807) is 0 Å². The molecular weight excluding hydrogens is 348 g/mol. The normalized spacial score (nSPS) is 20.6. The van der Waals surface area contributed by atoms with Crippen LogP contribution in [0.25, 0.3) is 0 Å². The number of piperazine rings is 1. The van der Waals surface area contributed by atoms with E-state index in [9.17, 15) is 4.79 Å². The predicted molar refractivity (Wildman–Crippen MR) is 102 cm³/mol. The van der Waals surface area contributed by atoms with Crippen molar-refractivity contribution in [3.8, 4) is 0 Å². The van der Waals surface area contributed by atoms with Crippen molar-refractivity contribution in [2.24, 2.45) is 0 Å². The lowest BCUT2D eigenvalue weighted by Crippen LogP contribution is -2.48. The van der Waals surface area contributed by atoms with Crippen molar-refractivity contribution in [1.29, 1.82) is 0 Å². The Labute approximate surface area is 158 Å². The summed E-state index contributed by atoms with van der Waals surface area (Å²) in [5, 5.41) is 0.970. The molecule has 0 N–H and O–H groups in total. The molecular formula is C19H24N4O2S. The van der Waals surface area contributed by atoms with Crippen LogP contribution in [0.4, 0.5) is 5.13 Å². The molecule has 1 aromatic heterocycles. The van der Waals surface area contributed by atoms with Gasteiger partial charge in [-0.25, -0.2) is 4.98 Å². The highest BCUT2D eigenvalue weighted by Crippen LogP contribution is 2.26. The lowest BCUT2D eigenvalue weighted by Gasteiger charge is -2.34. The van der Waals surface area contributed by atoms with E-state index in [0.717, 1.165) is 68.8 Å². The molecule has 138 valence electrons. The van der Waals surface area contributed by atoms with Crippen molar-refractivity contribution in [3.05, 3.63) is 41.2 Å². The van der Waals surface area contributed by atoms with Crippen LogP contribution in [0.15, 0.2) is 24.3 Å². The SMILES string of the molecule is CCc1nsc(N2CCN(C(=O)c3cccc(C4CCOC4)c3)CC2)n1. The van der Waals surface area contributed by atoms with Gasteiger partial charge in [-0.2, -0.15) is 4.37 Å². The van der Waals surface area contributed by atoms with Crippen LogP contribution in [-0.2, 0) is 11.2 Å². The maximum Gasteiger partial charge on any atom is 0.253 e. The van der Waals surface area contributed by atoms with Crippen LogP contribution in [0.2, 0.25) is 0 Å². The lowest BCUT2D eigenvalue weighted by atomic mass is 9.96. The third-order valence-electron chi connectivity index (χ3n) is 5.15. The monoisotopic (exact) mass is 372 g/mol. The molecule has 0 aliphatic carbocycles. The summed E-state index contributed by atoms with van der Waals surface area (Å²) >= 11 is 1.45. The zero-order chi connectivity index (χ0) is 17.9. The molecule has 0 spiro atoms. The number of hydrogen-bond acceptors (Lipinski definition) is 6. The molecule has 4 rings (SSSR count). The Morgan fingerprint density at radius 3 is 2.85 bits per heavy atom. The number of amides is 1. The molecule has 2 aromatic rings. The quantitative estimate of drug-likeness (QED) is 0.826. The molecule has 1 atom stereocenters. The summed E-state index contributed by atoms with van der Waals surface area (Å²) in [6.45, 7) is 6.69. The predicted octanol–water partition coefficient (Wildman–Crippen LogP) is 2.57. The van der Waals surface area contributed by atoms with Gasteiger partial charge < -0.3 is 14.5 Å². The Balaban J connectivity index is 1.39. The standard InChI is InChI=1S/C19H24N4O2S/c1-2-17-20-19(26-21-17)23-9-7-22(8-10-23)18(24)15-5-3-4-14(12-15)16-6-11-25-13-16/h3-5,12,16H,2,6-11,13H2,1H3. The molecule has 1 amide bonds. The molecule has 1 aromatic carbocycles. The van der Waals surface area contributed by atoms with Gasteiger partial charge in [-0.05, 0) is 24.1 Å². The lowest BCUT2D eigenvalue weighted by molar-refractivity contribution is 0.0746. The summed E-state index contributed by atoms with van der Waals surface area (Å²) in [4.78, 5) is 21.6. The molecule has 2 aliphatic rings. The summed E-state index contributed by atoms with van der Waals surface area (Å²) < 4.78 is 9.84. The van der Waals surface area contributed by atoms with Crippen LogP contribution in [0.5, 0.6) is 0 Å². The second-order valence-corrected chi connectivity index (χ2v) is 7.54. The zero-order valence-electron chi connectivity index (χ0n) is 15.1. The Morgan fingerprint density at radius 1 is 1.31 bits per heavy atom. The van der Waals surface area contributed by atoms with Crippen LogP contribution in [0.1, 0.15) is 41.0 Å². The van der Waals surface area contributed by atoms with Crippen LogP contribution in [0.3, 0.4) is 0 Å². The van der Waals surface area contributed by atoms with Crippen molar-refractivity contribution < 1.29 is 9.53 Å². The highest BCUT2D eigenvalue weighted by molar-refractivity contribution is 7.09. The van der Waals surface area contributed by atoms with Crippen molar-refractivity contribution >= 4 is 22.6 Å². The smallest absolute Gasteiger partial charge is 0.253 e. The molecule has 0 saturated carbocycles. The first-order valence-electron chi connectivity index (χ1n) is 9.29. The number of aryl methyl sites for hydroxylation is 1. The van der Waals surface area contributed by atoms with Gasteiger partial charge in [0, 0.05) is 62.2 Å². The highest BCUT2D eigenvalue weighted by Gasteiger charge is 2.25. The Bertz CT molecular complexity index is 764. The first kappa shape index (κ1) is 17.4. The van der Waals surface area contributed by atoms with E-state index in [4.69, 9.17) is 4.74 Å². The molecule has 26 heavy (non-hydrogen) atoms. The van der Waals surface area contributed by atoms with Gasteiger partial charge in [0.15, 0.2) is 0 Å². The topological polar surface area (TPSA) is 58.6 Å². The van der Waals surface area contributed by atoms with Crippen LogP contribution in [0, 0.1) is 0 Å². The van der Waals surface area contributed by atoms with Gasteiger partial charge in [0.2, 0.25) is 5.13 Å². The van der Waals surface area contributed by atoms with E-state index < -0.39 is 0 Å². The summed E-state index contributed by atoms with van der Waals surface area (Å²) in [7, 11) is 0. The van der Waals surface area contributed by atoms with Gasteiger partial charge in [0.25, 0.3) is 5.91 Å². The summed E-state index contributed by atoms with van der Waals surface area (Å²) in [6, 6.07) is 8.07. The second kappa shape index (κ2) is 7.72. The van der Waals surface area contributed by atoms with E-state index in [1.807, 2.05) is 23.1 Å². The Morgan fingerprint density at radius 2 is 2.15 bits per heavy atom. The number of carbonyl (C=O) groups excluding carboxylic acids is 1. The van der Waals surface area contributed by atoms with Gasteiger partial charge in [0.1, 0.15) is 5.82 Å². The van der Waals surface area contributed by atoms with E-state index in [2.05, 4.69) is 27.2 Å². The Kier molecular flexibility index (Phi) is 5.17. The van der Waals surface area contributed by atoms with E-state index in [-0.39, 0.29) is 5.91 Å². The molecule has 2 saturated heterocycles. The molecule has 0 bridgehead atoms. The fraction of sp³-hybridized carbons (Fsp3) is 0.526. The maximum absolute atomic E-state index is 12.9. The fourth-order valence-corrected chi connectivity index (χ4v) is 4.32. The van der Waals surface area contributed by atoms with Gasteiger partial charge >= 0.3 is 0 Å². The first-order valence-corrected chi connectivity index (χ1v) is 10.1. The average Bonchev–Trinajstić information content (AvgIpc) is 3.39. The minimum absolute atomic E-state index is 0.122. The van der Waals surface area contributed by atoms with Crippen LogP contribution < -0.4 is 4.90 Å². The summed E-state index contributed by atoms with van der Waals surface area (Å²) in [5.74, 6) is 1.44. The Hall–Kier alpha value is -1.99. The molecule has 3 heterocycles. The number of carbonyl (C=O) groups is 1. The molecule has 2 aliphatic heterocycles. The fourth-order valence-electron chi connectivity index (χ4n) is 3.52. The molecule has 7 heteroatoms. The minimum atomic E-state index is 0.122. The van der Waals surface area contributed by atoms with Crippen molar-refractivity contribution in [2.75, 3.05) is 44.3 Å². The largest absolute Gasteiger partial charge is 0.381 e. The van der Waals surface area contributed by atoms with Gasteiger partial charge in [-0.1, -0.05) is 19.1 Å². The summed E-state index contributed by atoms with van der Waals surface area (Å²) in [5.41, 5.74) is 2.00. The summed E-state index contributed by atoms with van der Waals surface area (Å²) in [6.07, 6.45) is 1.90. The van der Waals surface area contributed by atoms with Gasteiger partial charge in [-0.15, -0.1) is 0 Å². The van der Waals surface area contributed by atoms with E-state index in [1.165, 1.54) is 17.1 Å². The third-order valence-corrected chi connectivity index (χ3v) is 5.96. The number of nitrogens with zero attached hydrogens (tertiary/aromatic N) is 4. The third kappa shape index (κ3) is 3.59. The number of ether oxygens (including phenoxy) is 1. The van der Waals surface area contributed by atoms with E-state index in [0.29, 0.717) is 5.92 Å². The molecule has 6 nitrogen and oxygen atoms in total. The molecule has 1 unspecified atom stereocenters. The van der Waals surface area contributed by atoms with Gasteiger partial charge in [0.05, 0.1) is 6.61 Å². The number of anilines is 1. The number of aromatic nitrogens is 2. The van der Waals surface area contributed by atoms with Crippen LogP contribution in [-0.4, -0.2) is 59.6 Å². The van der Waals surface area contributed by atoms with Crippen LogP contribution >= 0.6 is 11.5 Å². The molecule has 2 fully saturated rings. The van der Waals surface area contributed by atoms with Crippen molar-refractivity contribution in [3.63, 3.8) is 0 Å². The number of benzene rings is 1. The highest BCUT2D eigenvalue weighted by atomic mass is 32.1. The minimum Gasteiger partial charge on any atom is -0.381 e. The van der Waals surface area contributed by atoms with Gasteiger partial charge in [-0.3, -0.25) is 4.79 Å². The zero-order valence-corrected chi connectivity index (χ0v) is 15.9.